The maximum absolute atomic E-state index is 13.0. The Labute approximate surface area is 104 Å². The topological polar surface area (TPSA) is 72.2 Å². The van der Waals surface area contributed by atoms with Gasteiger partial charge < -0.3 is 14.9 Å². The van der Waals surface area contributed by atoms with Crippen LogP contribution in [0.4, 0.5) is 4.39 Å². The van der Waals surface area contributed by atoms with Gasteiger partial charge in [-0.05, 0) is 29.8 Å². The van der Waals surface area contributed by atoms with Crippen molar-refractivity contribution in [3.05, 3.63) is 59.3 Å². The van der Waals surface area contributed by atoms with Crippen molar-refractivity contribution in [2.45, 2.75) is 13.2 Å². The smallest absolute Gasteiger partial charge is 0.129 e. The molecule has 0 radical (unpaired) electrons. The molecule has 0 aliphatic carbocycles. The number of amidine groups is 1. The van der Waals surface area contributed by atoms with Gasteiger partial charge in [-0.25, -0.2) is 4.39 Å². The molecule has 0 unspecified atom stereocenters. The molecule has 0 aliphatic rings. The SMILES string of the molecule is N=C(N)c1cc(F)ccc1COCc1ccco1. The first-order chi connectivity index (χ1) is 8.66. The van der Waals surface area contributed by atoms with E-state index in [0.717, 1.165) is 0 Å². The molecular weight excluding hydrogens is 235 g/mol. The van der Waals surface area contributed by atoms with E-state index >= 15 is 0 Å². The van der Waals surface area contributed by atoms with Gasteiger partial charge >= 0.3 is 0 Å². The molecule has 1 aromatic heterocycles. The van der Waals surface area contributed by atoms with Crippen molar-refractivity contribution in [1.82, 2.24) is 0 Å². The summed E-state index contributed by atoms with van der Waals surface area (Å²) in [7, 11) is 0. The number of nitrogens with one attached hydrogen (secondary N) is 1. The van der Waals surface area contributed by atoms with Gasteiger partial charge in [0.25, 0.3) is 0 Å². The molecule has 1 heterocycles. The average Bonchev–Trinajstić information content (AvgIpc) is 2.84. The predicted molar refractivity (Wildman–Crippen MR) is 64.6 cm³/mol. The normalized spacial score (nSPS) is 10.5. The minimum Gasteiger partial charge on any atom is -0.467 e. The first-order valence-electron chi connectivity index (χ1n) is 5.40. The molecule has 18 heavy (non-hydrogen) atoms. The number of rotatable bonds is 5. The van der Waals surface area contributed by atoms with E-state index in [2.05, 4.69) is 0 Å². The van der Waals surface area contributed by atoms with Crippen molar-refractivity contribution >= 4 is 5.84 Å². The summed E-state index contributed by atoms with van der Waals surface area (Å²) >= 11 is 0. The fraction of sp³-hybridized carbons (Fsp3) is 0.154. The largest absolute Gasteiger partial charge is 0.467 e. The van der Waals surface area contributed by atoms with Crippen molar-refractivity contribution in [3.63, 3.8) is 0 Å². The Morgan fingerprint density at radius 1 is 1.33 bits per heavy atom. The lowest BCUT2D eigenvalue weighted by atomic mass is 10.1. The minimum absolute atomic E-state index is 0.175. The standard InChI is InChI=1S/C13H13FN2O2/c14-10-4-3-9(12(6-10)13(15)16)7-17-8-11-2-1-5-18-11/h1-6H,7-8H2,(H3,15,16). The van der Waals surface area contributed by atoms with Crippen LogP contribution in [0.1, 0.15) is 16.9 Å². The molecule has 94 valence electrons. The van der Waals surface area contributed by atoms with Gasteiger partial charge in [-0.3, -0.25) is 5.41 Å². The molecule has 0 saturated heterocycles. The van der Waals surface area contributed by atoms with Crippen LogP contribution in [0.5, 0.6) is 0 Å². The molecule has 4 nitrogen and oxygen atoms in total. The Morgan fingerprint density at radius 3 is 2.83 bits per heavy atom. The van der Waals surface area contributed by atoms with E-state index in [-0.39, 0.29) is 12.4 Å². The number of hydrogen-bond donors (Lipinski definition) is 2. The number of hydrogen-bond acceptors (Lipinski definition) is 3. The van der Waals surface area contributed by atoms with E-state index in [1.54, 1.807) is 24.5 Å². The van der Waals surface area contributed by atoms with Crippen LogP contribution in [0.2, 0.25) is 0 Å². The first-order valence-corrected chi connectivity index (χ1v) is 5.40. The van der Waals surface area contributed by atoms with Gasteiger partial charge in [-0.15, -0.1) is 0 Å². The van der Waals surface area contributed by atoms with E-state index in [0.29, 0.717) is 23.5 Å². The third kappa shape index (κ3) is 2.95. The maximum atomic E-state index is 13.0. The third-order valence-electron chi connectivity index (χ3n) is 2.44. The summed E-state index contributed by atoms with van der Waals surface area (Å²) in [6, 6.07) is 7.69. The summed E-state index contributed by atoms with van der Waals surface area (Å²) in [5.41, 5.74) is 6.42. The van der Waals surface area contributed by atoms with Gasteiger partial charge in [0.1, 0.15) is 24.0 Å². The zero-order chi connectivity index (χ0) is 13.0. The second-order valence-corrected chi connectivity index (χ2v) is 3.79. The zero-order valence-corrected chi connectivity index (χ0v) is 9.65. The molecule has 0 amide bonds. The molecule has 0 saturated carbocycles. The Kier molecular flexibility index (Phi) is 3.74. The summed E-state index contributed by atoms with van der Waals surface area (Å²) in [5.74, 6) is 0.113. The van der Waals surface area contributed by atoms with Gasteiger partial charge in [-0.2, -0.15) is 0 Å². The number of benzene rings is 1. The van der Waals surface area contributed by atoms with Gasteiger partial charge in [0.2, 0.25) is 0 Å². The van der Waals surface area contributed by atoms with Crippen LogP contribution in [0.25, 0.3) is 0 Å². The van der Waals surface area contributed by atoms with Crippen LogP contribution in [0.3, 0.4) is 0 Å². The Hall–Kier alpha value is -2.14. The lowest BCUT2D eigenvalue weighted by Gasteiger charge is -2.08. The summed E-state index contributed by atoms with van der Waals surface area (Å²) in [6.45, 7) is 0.567. The van der Waals surface area contributed by atoms with Gasteiger partial charge in [0.05, 0.1) is 12.9 Å². The lowest BCUT2D eigenvalue weighted by Crippen LogP contribution is -2.14. The molecule has 0 aliphatic heterocycles. The molecule has 0 fully saturated rings. The second kappa shape index (κ2) is 5.46. The number of nitrogen functional groups attached to an aromatic ring is 1. The molecule has 2 aromatic rings. The van der Waals surface area contributed by atoms with Crippen molar-refractivity contribution in [2.75, 3.05) is 0 Å². The predicted octanol–water partition coefficient (Wildman–Crippen LogP) is 2.42. The van der Waals surface area contributed by atoms with Gasteiger partial charge in [-0.1, -0.05) is 6.07 Å². The van der Waals surface area contributed by atoms with E-state index < -0.39 is 5.82 Å². The fourth-order valence-electron chi connectivity index (χ4n) is 1.58. The molecule has 0 spiro atoms. The molecule has 5 heteroatoms. The highest BCUT2D eigenvalue weighted by Gasteiger charge is 2.07. The fourth-order valence-corrected chi connectivity index (χ4v) is 1.58. The Bertz CT molecular complexity index is 538. The van der Waals surface area contributed by atoms with Crippen LogP contribution in [-0.2, 0) is 18.0 Å². The van der Waals surface area contributed by atoms with E-state index in [9.17, 15) is 4.39 Å². The van der Waals surface area contributed by atoms with E-state index in [1.165, 1.54) is 12.1 Å². The molecule has 2 rings (SSSR count). The average molecular weight is 248 g/mol. The third-order valence-corrected chi connectivity index (χ3v) is 2.44. The molecule has 0 atom stereocenters. The molecule has 0 bridgehead atoms. The summed E-state index contributed by atoms with van der Waals surface area (Å²) < 4.78 is 23.6. The lowest BCUT2D eigenvalue weighted by molar-refractivity contribution is 0.0928. The van der Waals surface area contributed by atoms with Crippen LogP contribution in [0.15, 0.2) is 41.0 Å². The second-order valence-electron chi connectivity index (χ2n) is 3.79. The van der Waals surface area contributed by atoms with Crippen molar-refractivity contribution in [2.24, 2.45) is 5.73 Å². The maximum Gasteiger partial charge on any atom is 0.129 e. The summed E-state index contributed by atoms with van der Waals surface area (Å²) in [6.07, 6.45) is 1.57. The number of nitrogens with two attached hydrogens (primary N) is 1. The van der Waals surface area contributed by atoms with Gasteiger partial charge in [0.15, 0.2) is 0 Å². The van der Waals surface area contributed by atoms with Crippen LogP contribution >= 0.6 is 0 Å². The number of ether oxygens (including phenoxy) is 1. The molecule has 3 N–H and O–H groups in total. The Morgan fingerprint density at radius 2 is 2.17 bits per heavy atom. The Balaban J connectivity index is 2.02. The highest BCUT2D eigenvalue weighted by Crippen LogP contribution is 2.13. The van der Waals surface area contributed by atoms with Crippen LogP contribution < -0.4 is 5.73 Å². The van der Waals surface area contributed by atoms with E-state index in [4.69, 9.17) is 20.3 Å². The molecule has 1 aromatic carbocycles. The highest BCUT2D eigenvalue weighted by molar-refractivity contribution is 5.96. The molecular formula is C13H13FN2O2. The summed E-state index contributed by atoms with van der Waals surface area (Å²) in [5, 5.41) is 7.38. The minimum atomic E-state index is -0.421. The van der Waals surface area contributed by atoms with Crippen LogP contribution in [-0.4, -0.2) is 5.84 Å². The van der Waals surface area contributed by atoms with Crippen molar-refractivity contribution in [1.29, 1.82) is 5.41 Å². The monoisotopic (exact) mass is 248 g/mol. The van der Waals surface area contributed by atoms with Gasteiger partial charge in [0, 0.05) is 5.56 Å². The van der Waals surface area contributed by atoms with Crippen molar-refractivity contribution < 1.29 is 13.5 Å². The number of furan rings is 1. The highest BCUT2D eigenvalue weighted by atomic mass is 19.1. The quantitative estimate of drug-likeness (QED) is 0.630. The van der Waals surface area contributed by atoms with Crippen molar-refractivity contribution in [3.8, 4) is 0 Å². The number of halogens is 1. The van der Waals surface area contributed by atoms with E-state index in [1.807, 2.05) is 0 Å². The first kappa shape index (κ1) is 12.3. The summed E-state index contributed by atoms with van der Waals surface area (Å²) in [4.78, 5) is 0. The van der Waals surface area contributed by atoms with Crippen LogP contribution in [0, 0.1) is 11.2 Å². The zero-order valence-electron chi connectivity index (χ0n) is 9.65.